The Morgan fingerprint density at radius 1 is 1.30 bits per heavy atom. The molecule has 1 N–H and O–H groups in total. The number of aromatic nitrogens is 4. The third-order valence-corrected chi connectivity index (χ3v) is 5.04. The average Bonchev–Trinajstić information content (AvgIpc) is 3.33. The first kappa shape index (κ1) is 16.3. The monoisotopic (exact) mass is 360 g/mol. The molecule has 2 aromatic heterocycles. The highest BCUT2D eigenvalue weighted by Crippen LogP contribution is 2.42. The summed E-state index contributed by atoms with van der Waals surface area (Å²) in [4.78, 5) is 17.3. The summed E-state index contributed by atoms with van der Waals surface area (Å²) in [6.45, 7) is 0.398. The Morgan fingerprint density at radius 2 is 2.19 bits per heavy atom. The summed E-state index contributed by atoms with van der Waals surface area (Å²) in [6.07, 6.45) is 3.97. The largest absolute Gasteiger partial charge is 0.491 e. The van der Waals surface area contributed by atoms with Gasteiger partial charge in [-0.05, 0) is 41.6 Å². The second kappa shape index (κ2) is 6.40. The van der Waals surface area contributed by atoms with Crippen molar-refractivity contribution in [2.24, 2.45) is 0 Å². The predicted molar refractivity (Wildman–Crippen MR) is 98.0 cm³/mol. The number of pyridine rings is 1. The van der Waals surface area contributed by atoms with Gasteiger partial charge in [-0.1, -0.05) is 29.5 Å². The molecule has 5 rings (SSSR count). The molecule has 0 radical (unpaired) electrons. The first-order valence-corrected chi connectivity index (χ1v) is 9.02. The molecule has 1 aliphatic carbocycles. The van der Waals surface area contributed by atoms with Crippen molar-refractivity contribution < 1.29 is 14.5 Å². The Kier molecular flexibility index (Phi) is 3.88. The Bertz CT molecular complexity index is 1020. The van der Waals surface area contributed by atoms with Crippen molar-refractivity contribution in [1.29, 1.82) is 0 Å². The number of carbonyl (C=O) groups excluding carboxylic acids is 1. The van der Waals surface area contributed by atoms with Crippen LogP contribution in [-0.4, -0.2) is 37.9 Å². The zero-order chi connectivity index (χ0) is 18.4. The van der Waals surface area contributed by atoms with Gasteiger partial charge in [0.15, 0.2) is 17.3 Å². The molecule has 3 heterocycles. The smallest absolute Gasteiger partial charge is 0.423 e. The maximum atomic E-state index is 13.0. The Morgan fingerprint density at radius 3 is 2.96 bits per heavy atom. The molecule has 1 aromatic carbocycles. The number of Topliss-reactive ketones (excluding diaryl/α,β-unsaturated/α-hetero) is 1. The van der Waals surface area contributed by atoms with Crippen LogP contribution in [0.25, 0.3) is 5.82 Å². The van der Waals surface area contributed by atoms with Crippen molar-refractivity contribution in [3.63, 3.8) is 0 Å². The number of nitrogens with zero attached hydrogens (tertiary/aromatic N) is 4. The van der Waals surface area contributed by atoms with Crippen LogP contribution >= 0.6 is 0 Å². The molecule has 0 atom stereocenters. The first-order valence-electron chi connectivity index (χ1n) is 9.02. The maximum Gasteiger partial charge on any atom is 0.491 e. The molecule has 134 valence electrons. The van der Waals surface area contributed by atoms with E-state index in [-0.39, 0.29) is 12.2 Å². The van der Waals surface area contributed by atoms with Crippen LogP contribution in [0.2, 0.25) is 0 Å². The van der Waals surface area contributed by atoms with Crippen molar-refractivity contribution in [3.8, 4) is 5.82 Å². The fraction of sp³-hybridized carbons (Fsp3) is 0.263. The van der Waals surface area contributed by atoms with Crippen LogP contribution in [0.4, 0.5) is 0 Å². The molecule has 0 unspecified atom stereocenters. The lowest BCUT2D eigenvalue weighted by Crippen LogP contribution is -2.28. The zero-order valence-electron chi connectivity index (χ0n) is 14.6. The van der Waals surface area contributed by atoms with Gasteiger partial charge in [0.05, 0.1) is 12.3 Å². The number of benzene rings is 1. The molecule has 0 saturated heterocycles. The van der Waals surface area contributed by atoms with E-state index in [9.17, 15) is 9.82 Å². The van der Waals surface area contributed by atoms with Crippen LogP contribution in [0.3, 0.4) is 0 Å². The van der Waals surface area contributed by atoms with E-state index >= 15 is 0 Å². The first-order chi connectivity index (χ1) is 13.2. The highest BCUT2D eigenvalue weighted by Gasteiger charge is 2.34. The molecule has 3 aromatic rings. The summed E-state index contributed by atoms with van der Waals surface area (Å²) >= 11 is 0. The van der Waals surface area contributed by atoms with Crippen LogP contribution in [0, 0.1) is 0 Å². The van der Waals surface area contributed by atoms with Gasteiger partial charge in [-0.15, -0.1) is 5.10 Å². The molecule has 2 aliphatic rings. The normalized spacial score (nSPS) is 15.8. The summed E-state index contributed by atoms with van der Waals surface area (Å²) in [5.74, 6) is 0.896. The van der Waals surface area contributed by atoms with Crippen LogP contribution in [0.1, 0.15) is 46.1 Å². The summed E-state index contributed by atoms with van der Waals surface area (Å²) in [5.41, 5.74) is 3.79. The van der Waals surface area contributed by atoms with Crippen molar-refractivity contribution in [2.45, 2.75) is 31.8 Å². The van der Waals surface area contributed by atoms with E-state index in [0.717, 1.165) is 35.1 Å². The van der Waals surface area contributed by atoms with Gasteiger partial charge < -0.3 is 9.68 Å². The van der Waals surface area contributed by atoms with E-state index in [2.05, 4.69) is 15.3 Å². The summed E-state index contributed by atoms with van der Waals surface area (Å²) < 4.78 is 6.90. The molecule has 0 bridgehead atoms. The van der Waals surface area contributed by atoms with Crippen LogP contribution in [-0.2, 0) is 17.7 Å². The lowest BCUT2D eigenvalue weighted by Gasteiger charge is -2.07. The second-order valence-electron chi connectivity index (χ2n) is 6.99. The van der Waals surface area contributed by atoms with Gasteiger partial charge in [-0.25, -0.2) is 4.98 Å². The van der Waals surface area contributed by atoms with Gasteiger partial charge in [-0.2, -0.15) is 4.68 Å². The molecule has 8 heteroatoms. The predicted octanol–water partition coefficient (Wildman–Crippen LogP) is 1.18. The van der Waals surface area contributed by atoms with E-state index in [1.807, 2.05) is 36.4 Å². The molecular formula is C19H17BN4O3. The molecule has 1 aliphatic heterocycles. The highest BCUT2D eigenvalue weighted by atomic mass is 16.5. The number of hydrogen-bond donors (Lipinski definition) is 1. The quantitative estimate of drug-likeness (QED) is 0.543. The second-order valence-corrected chi connectivity index (χ2v) is 6.99. The standard InChI is InChI=1S/C19H17BN4O3/c25-16(10-12-4-5-14-11-27-20(26)15(14)9-12)18-19(13-6-7-13)24(23-22-18)17-3-1-2-8-21-17/h1-5,8-9,13,26H,6-7,10-11H2. The molecule has 27 heavy (non-hydrogen) atoms. The Balaban J connectivity index is 1.46. The van der Waals surface area contributed by atoms with Gasteiger partial charge in [0.25, 0.3) is 0 Å². The Labute approximate surface area is 156 Å². The fourth-order valence-corrected chi connectivity index (χ4v) is 3.50. The van der Waals surface area contributed by atoms with E-state index < -0.39 is 7.12 Å². The highest BCUT2D eigenvalue weighted by molar-refractivity contribution is 6.61. The number of ketones is 1. The van der Waals surface area contributed by atoms with Crippen molar-refractivity contribution >= 4 is 18.4 Å². The van der Waals surface area contributed by atoms with Gasteiger partial charge in [0.1, 0.15) is 0 Å². The van der Waals surface area contributed by atoms with Crippen molar-refractivity contribution in [3.05, 3.63) is 65.1 Å². The molecular weight excluding hydrogens is 343 g/mol. The fourth-order valence-electron chi connectivity index (χ4n) is 3.50. The van der Waals surface area contributed by atoms with Gasteiger partial charge >= 0.3 is 7.12 Å². The minimum absolute atomic E-state index is 0.0764. The summed E-state index contributed by atoms with van der Waals surface area (Å²) in [5, 5.41) is 18.3. The summed E-state index contributed by atoms with van der Waals surface area (Å²) in [6, 6.07) is 11.2. The molecule has 0 spiro atoms. The van der Waals surface area contributed by atoms with Gasteiger partial charge in [0, 0.05) is 18.5 Å². The van der Waals surface area contributed by atoms with Gasteiger partial charge in [-0.3, -0.25) is 4.79 Å². The Hall–Kier alpha value is -2.84. The van der Waals surface area contributed by atoms with Crippen LogP contribution in [0.15, 0.2) is 42.6 Å². The number of rotatable bonds is 5. The number of hydrogen-bond acceptors (Lipinski definition) is 6. The minimum atomic E-state index is -0.915. The third kappa shape index (κ3) is 2.96. The molecule has 0 amide bonds. The van der Waals surface area contributed by atoms with Crippen LogP contribution < -0.4 is 5.46 Å². The van der Waals surface area contributed by atoms with E-state index in [1.54, 1.807) is 10.9 Å². The zero-order valence-corrected chi connectivity index (χ0v) is 14.6. The molecule has 1 fully saturated rings. The lowest BCUT2D eigenvalue weighted by atomic mass is 9.78. The van der Waals surface area contributed by atoms with Crippen molar-refractivity contribution in [2.75, 3.05) is 0 Å². The van der Waals surface area contributed by atoms with Gasteiger partial charge in [0.2, 0.25) is 0 Å². The minimum Gasteiger partial charge on any atom is -0.423 e. The van der Waals surface area contributed by atoms with E-state index in [4.69, 9.17) is 4.65 Å². The lowest BCUT2D eigenvalue weighted by molar-refractivity contribution is 0.0987. The molecule has 7 nitrogen and oxygen atoms in total. The van der Waals surface area contributed by atoms with E-state index in [1.165, 1.54) is 0 Å². The summed E-state index contributed by atoms with van der Waals surface area (Å²) in [7, 11) is -0.915. The average molecular weight is 360 g/mol. The number of fused-ring (bicyclic) bond motifs is 1. The maximum absolute atomic E-state index is 13.0. The van der Waals surface area contributed by atoms with Crippen LogP contribution in [0.5, 0.6) is 0 Å². The van der Waals surface area contributed by atoms with E-state index in [0.29, 0.717) is 24.0 Å². The topological polar surface area (TPSA) is 90.1 Å². The third-order valence-electron chi connectivity index (χ3n) is 5.04. The SMILES string of the molecule is O=C(Cc1ccc2c(c1)B(O)OC2)c1nnn(-c2ccccn2)c1C1CC1. The molecule has 1 saturated carbocycles. The number of carbonyl (C=O) groups is 1. The van der Waals surface area contributed by atoms with Crippen molar-refractivity contribution in [1.82, 2.24) is 20.0 Å².